The molecular weight excluding hydrogens is 166 g/mol. The van der Waals surface area contributed by atoms with E-state index in [1.807, 2.05) is 0 Å². The van der Waals surface area contributed by atoms with E-state index in [0.717, 1.165) is 0 Å². The molecule has 7 heavy (non-hydrogen) atoms. The van der Waals surface area contributed by atoms with Gasteiger partial charge in [0.05, 0.1) is 0 Å². The summed E-state index contributed by atoms with van der Waals surface area (Å²) in [5, 5.41) is 14.2. The van der Waals surface area contributed by atoms with Gasteiger partial charge in [-0.05, 0) is 0 Å². The Labute approximate surface area is 90.9 Å². The van der Waals surface area contributed by atoms with Gasteiger partial charge in [0.2, 0.25) is 0 Å². The van der Waals surface area contributed by atoms with Gasteiger partial charge < -0.3 is 11.5 Å². The zero-order valence-corrected chi connectivity index (χ0v) is 3.05. The average Bonchev–Trinajstić information content (AvgIpc) is 1.39. The summed E-state index contributed by atoms with van der Waals surface area (Å²) in [5.74, 6) is 0. The minimum absolute atomic E-state index is 0. The van der Waals surface area contributed by atoms with Crippen molar-refractivity contribution in [3.8, 4) is 12.4 Å². The number of nitriles is 2. The summed E-state index contributed by atoms with van der Waals surface area (Å²) in [4.78, 5) is 0. The third kappa shape index (κ3) is 828. The van der Waals surface area contributed by atoms with Crippen LogP contribution in [0.3, 0.4) is 0 Å². The first-order valence-electron chi connectivity index (χ1n) is 1.02. The van der Waals surface area contributed by atoms with Crippen LogP contribution in [-0.2, 0) is 0 Å². The van der Waals surface area contributed by atoms with Crippen molar-refractivity contribution in [2.24, 2.45) is 11.5 Å². The van der Waals surface area contributed by atoms with E-state index in [1.54, 1.807) is 0 Å². The van der Waals surface area contributed by atoms with Crippen molar-refractivity contribution < 1.29 is 0 Å². The van der Waals surface area contributed by atoms with Crippen LogP contribution in [0.25, 0.3) is 0 Å². The van der Waals surface area contributed by atoms with Crippen LogP contribution in [0.2, 0.25) is 0 Å². The van der Waals surface area contributed by atoms with Gasteiger partial charge in [-0.15, -0.1) is 0 Å². The van der Waals surface area contributed by atoms with E-state index in [9.17, 15) is 0 Å². The molecule has 0 radical (unpaired) electrons. The van der Waals surface area contributed by atoms with E-state index in [-0.39, 0.29) is 58.2 Å². The fourth-order valence-corrected chi connectivity index (χ4v) is 0. The first-order valence-corrected chi connectivity index (χ1v) is 1.02. The molecule has 5 heteroatoms. The van der Waals surface area contributed by atoms with Gasteiger partial charge in [-0.2, -0.15) is 10.5 Å². The van der Waals surface area contributed by atoms with Crippen molar-refractivity contribution in [2.75, 3.05) is 0 Å². The van der Waals surface area contributed by atoms with Crippen LogP contribution in [0.15, 0.2) is 0 Å². The Bertz CT molecular complexity index is 64.7. The molecule has 0 saturated carbocycles. The quantitative estimate of drug-likeness (QED) is 0.331. The van der Waals surface area contributed by atoms with Crippen LogP contribution in [0.5, 0.6) is 0 Å². The predicted molar refractivity (Wildman–Crippen MR) is 26.7 cm³/mol. The second-order valence-corrected chi connectivity index (χ2v) is 0.258. The van der Waals surface area contributed by atoms with Gasteiger partial charge in [0.1, 0.15) is 0 Å². The summed E-state index contributed by atoms with van der Waals surface area (Å²) in [6.45, 7) is 0. The maximum absolute atomic E-state index is 7.10. The van der Waals surface area contributed by atoms with Crippen LogP contribution < -0.4 is 11.5 Å². The molecule has 0 rings (SSSR count). The van der Waals surface area contributed by atoms with Gasteiger partial charge in [0.15, 0.2) is 12.4 Å². The van der Waals surface area contributed by atoms with Gasteiger partial charge in [-0.3, -0.25) is 0 Å². The monoisotopic (exact) mass is 170 g/mol. The van der Waals surface area contributed by atoms with Gasteiger partial charge in [-0.25, -0.2) is 0 Å². The van der Waals surface area contributed by atoms with E-state index in [0.29, 0.717) is 0 Å². The van der Waals surface area contributed by atoms with Crippen LogP contribution in [-0.4, -0.2) is 58.2 Å². The molecule has 0 amide bonds. The number of hydrogen-bond donors (Lipinski definition) is 2. The fourth-order valence-electron chi connectivity index (χ4n) is 0. The molecule has 0 aliphatic rings. The fraction of sp³-hybridized carbons (Fsp3) is 0. The average molecular weight is 171 g/mol. The Morgan fingerprint density at radius 3 is 1.00 bits per heavy atom. The molecule has 34 valence electrons. The molecule has 4 nitrogen and oxygen atoms in total. The van der Waals surface area contributed by atoms with Crippen molar-refractivity contribution in [1.29, 1.82) is 10.5 Å². The number of hydrogen-bond acceptors (Lipinski definition) is 4. The Hall–Kier alpha value is 0.385. The van der Waals surface area contributed by atoms with Crippen molar-refractivity contribution in [1.82, 2.24) is 0 Å². The Morgan fingerprint density at radius 1 is 1.00 bits per heavy atom. The zero-order valence-electron chi connectivity index (χ0n) is 3.05. The molecule has 0 aliphatic heterocycles. The second-order valence-electron chi connectivity index (χ2n) is 0.258. The normalized spacial score (nSPS) is 2.00. The number of rotatable bonds is 0. The van der Waals surface area contributed by atoms with Crippen LogP contribution in [0, 0.1) is 22.9 Å². The summed E-state index contributed by atoms with van der Waals surface area (Å²) in [5.41, 5.74) is 8.31. The second kappa shape index (κ2) is 32.5. The first-order chi connectivity index (χ1) is 2.83. The minimum atomic E-state index is 0. The zero-order chi connectivity index (χ0) is 5.41. The molecule has 0 saturated heterocycles. The molecule has 0 bridgehead atoms. The van der Waals surface area contributed by atoms with Crippen molar-refractivity contribution in [3.63, 3.8) is 0 Å². The van der Waals surface area contributed by atoms with Gasteiger partial charge in [0.25, 0.3) is 0 Å². The van der Waals surface area contributed by atoms with E-state index in [1.165, 1.54) is 12.4 Å². The van der Waals surface area contributed by atoms with E-state index in [2.05, 4.69) is 11.5 Å². The molecule has 0 aromatic heterocycles. The number of nitrogens with zero attached hydrogens (tertiary/aromatic N) is 2. The Morgan fingerprint density at radius 2 is 1.00 bits per heavy atom. The van der Waals surface area contributed by atoms with Gasteiger partial charge in [-0.1, -0.05) is 0 Å². The van der Waals surface area contributed by atoms with E-state index >= 15 is 0 Å². The van der Waals surface area contributed by atoms with Gasteiger partial charge in [0, 0.05) is 0 Å². The molecule has 0 atom stereocenters. The molecule has 0 fully saturated rings. The first kappa shape index (κ1) is 15.7. The Kier molecular flexibility index (Phi) is 72.8. The van der Waals surface area contributed by atoms with E-state index < -0.39 is 0 Å². The van der Waals surface area contributed by atoms with Crippen LogP contribution in [0.4, 0.5) is 0 Å². The van der Waals surface area contributed by atoms with Crippen molar-refractivity contribution in [3.05, 3.63) is 0 Å². The van der Waals surface area contributed by atoms with Crippen LogP contribution >= 0.6 is 0 Å². The van der Waals surface area contributed by atoms with Crippen molar-refractivity contribution in [2.45, 2.75) is 0 Å². The summed E-state index contributed by atoms with van der Waals surface area (Å²) in [7, 11) is 0. The summed E-state index contributed by atoms with van der Waals surface area (Å²) in [6, 6.07) is 0. The predicted octanol–water partition coefficient (Wildman–Crippen LogP) is -1.80. The number of nitrogens with two attached hydrogens (primary N) is 2. The Balaban J connectivity index is -0.0000000400. The SMILES string of the molecule is N#CN.N#CN.[RbH]. The third-order valence-corrected chi connectivity index (χ3v) is 0. The molecule has 0 aliphatic carbocycles. The van der Waals surface area contributed by atoms with Gasteiger partial charge >= 0.3 is 58.2 Å². The summed E-state index contributed by atoms with van der Waals surface area (Å²) in [6.07, 6.45) is 2.50. The standard InChI is InChI=1S/2CH2N2.Rb.H/c2*2-1-3;;/h2*2H2;;. The summed E-state index contributed by atoms with van der Waals surface area (Å²) < 4.78 is 0. The molecule has 0 spiro atoms. The maximum atomic E-state index is 7.10. The van der Waals surface area contributed by atoms with E-state index in [4.69, 9.17) is 10.5 Å². The third-order valence-electron chi connectivity index (χ3n) is 0. The van der Waals surface area contributed by atoms with Crippen molar-refractivity contribution >= 4 is 58.2 Å². The molecule has 0 unspecified atom stereocenters. The molecule has 0 heterocycles. The molecule has 0 aromatic carbocycles. The summed E-state index contributed by atoms with van der Waals surface area (Å²) >= 11 is 0. The topological polar surface area (TPSA) is 99.6 Å². The molecular formula is C2H5N4Rb. The molecule has 4 N–H and O–H groups in total. The van der Waals surface area contributed by atoms with Crippen LogP contribution in [0.1, 0.15) is 0 Å². The molecule has 0 aromatic rings.